The number of aromatic nitrogens is 1. The number of nitrogens with two attached hydrogens (primary N) is 1. The van der Waals surface area contributed by atoms with Crippen LogP contribution in [0.2, 0.25) is 5.15 Å². The second-order valence-corrected chi connectivity index (χ2v) is 2.59. The first-order valence-electron chi connectivity index (χ1n) is 3.42. The third kappa shape index (κ3) is 2.22. The van der Waals surface area contributed by atoms with E-state index >= 15 is 0 Å². The topological polar surface area (TPSA) is 59.1 Å². The summed E-state index contributed by atoms with van der Waals surface area (Å²) in [4.78, 5) is 3.84. The van der Waals surface area contributed by atoms with Gasteiger partial charge in [0.25, 0.3) is 0 Å². The molecule has 1 aromatic heterocycles. The summed E-state index contributed by atoms with van der Waals surface area (Å²) in [5.74, 6) is 0. The number of hydrogen-bond acceptors (Lipinski definition) is 3. The molecule has 1 aromatic rings. The summed E-state index contributed by atoms with van der Waals surface area (Å²) in [7, 11) is 0. The minimum absolute atomic E-state index is 0.0227. The van der Waals surface area contributed by atoms with E-state index in [-0.39, 0.29) is 6.61 Å². The molecule has 64 valence electrons. The van der Waals surface area contributed by atoms with Crippen molar-refractivity contribution in [3.05, 3.63) is 29.1 Å². The average Bonchev–Trinajstić information content (AvgIpc) is 2.07. The SMILES string of the molecule is Nc1cnc(Cl)c(C=CCO)c1. The lowest BCUT2D eigenvalue weighted by molar-refractivity contribution is 0.343. The summed E-state index contributed by atoms with van der Waals surface area (Å²) in [6.07, 6.45) is 4.73. The van der Waals surface area contributed by atoms with Gasteiger partial charge in [-0.1, -0.05) is 23.8 Å². The lowest BCUT2D eigenvalue weighted by atomic mass is 10.2. The van der Waals surface area contributed by atoms with E-state index in [0.717, 1.165) is 0 Å². The molecule has 3 nitrogen and oxygen atoms in total. The number of hydrogen-bond donors (Lipinski definition) is 2. The molecule has 1 rings (SSSR count). The minimum atomic E-state index is -0.0227. The van der Waals surface area contributed by atoms with Gasteiger partial charge in [0.05, 0.1) is 18.5 Å². The number of pyridine rings is 1. The van der Waals surface area contributed by atoms with Crippen molar-refractivity contribution in [2.75, 3.05) is 12.3 Å². The van der Waals surface area contributed by atoms with Crippen molar-refractivity contribution in [1.82, 2.24) is 4.98 Å². The van der Waals surface area contributed by atoms with Crippen LogP contribution in [0.15, 0.2) is 18.3 Å². The normalized spacial score (nSPS) is 10.8. The van der Waals surface area contributed by atoms with Crippen LogP contribution in [0.4, 0.5) is 5.69 Å². The molecule has 0 aliphatic heterocycles. The van der Waals surface area contributed by atoms with Gasteiger partial charge in [-0.15, -0.1) is 0 Å². The molecule has 0 radical (unpaired) electrons. The minimum Gasteiger partial charge on any atom is -0.397 e. The van der Waals surface area contributed by atoms with Crippen LogP contribution in [0, 0.1) is 0 Å². The van der Waals surface area contributed by atoms with Crippen LogP contribution in [0.25, 0.3) is 6.08 Å². The quantitative estimate of drug-likeness (QED) is 0.682. The molecular weight excluding hydrogens is 176 g/mol. The van der Waals surface area contributed by atoms with Crippen LogP contribution in [-0.4, -0.2) is 16.7 Å². The van der Waals surface area contributed by atoms with Crippen molar-refractivity contribution in [3.8, 4) is 0 Å². The monoisotopic (exact) mass is 184 g/mol. The van der Waals surface area contributed by atoms with Gasteiger partial charge in [-0.3, -0.25) is 0 Å². The lowest BCUT2D eigenvalue weighted by Crippen LogP contribution is -1.88. The Hall–Kier alpha value is -1.06. The maximum atomic E-state index is 8.51. The number of nitrogen functional groups attached to an aromatic ring is 1. The highest BCUT2D eigenvalue weighted by molar-refractivity contribution is 6.30. The molecular formula is C8H9ClN2O. The predicted octanol–water partition coefficient (Wildman–Crippen LogP) is 1.32. The number of aliphatic hydroxyl groups excluding tert-OH is 1. The molecule has 0 aromatic carbocycles. The third-order valence-corrected chi connectivity index (χ3v) is 1.61. The Morgan fingerprint density at radius 1 is 1.67 bits per heavy atom. The van der Waals surface area contributed by atoms with Gasteiger partial charge in [0.15, 0.2) is 0 Å². The van der Waals surface area contributed by atoms with Gasteiger partial charge in [-0.25, -0.2) is 4.98 Å². The Kier molecular flexibility index (Phi) is 3.08. The third-order valence-electron chi connectivity index (χ3n) is 1.29. The van der Waals surface area contributed by atoms with E-state index in [1.807, 2.05) is 0 Å². The summed E-state index contributed by atoms with van der Waals surface area (Å²) in [5, 5.41) is 8.89. The maximum Gasteiger partial charge on any atom is 0.136 e. The number of rotatable bonds is 2. The summed E-state index contributed by atoms with van der Waals surface area (Å²) < 4.78 is 0. The lowest BCUT2D eigenvalue weighted by Gasteiger charge is -1.97. The molecule has 0 amide bonds. The van der Waals surface area contributed by atoms with Gasteiger partial charge in [0, 0.05) is 5.56 Å². The zero-order valence-corrected chi connectivity index (χ0v) is 7.12. The molecule has 0 bridgehead atoms. The van der Waals surface area contributed by atoms with Crippen LogP contribution >= 0.6 is 11.6 Å². The van der Waals surface area contributed by atoms with E-state index in [9.17, 15) is 0 Å². The zero-order valence-electron chi connectivity index (χ0n) is 6.37. The number of halogens is 1. The fourth-order valence-corrected chi connectivity index (χ4v) is 0.945. The molecule has 4 heteroatoms. The Morgan fingerprint density at radius 3 is 3.08 bits per heavy atom. The molecule has 0 aliphatic carbocycles. The molecule has 1 heterocycles. The molecule has 0 saturated carbocycles. The highest BCUT2D eigenvalue weighted by Gasteiger charge is 1.96. The van der Waals surface area contributed by atoms with E-state index in [0.29, 0.717) is 16.4 Å². The van der Waals surface area contributed by atoms with Crippen LogP contribution in [0.5, 0.6) is 0 Å². The van der Waals surface area contributed by atoms with Gasteiger partial charge >= 0.3 is 0 Å². The molecule has 3 N–H and O–H groups in total. The van der Waals surface area contributed by atoms with Crippen LogP contribution in [-0.2, 0) is 0 Å². The summed E-state index contributed by atoms with van der Waals surface area (Å²) in [6, 6.07) is 1.70. The van der Waals surface area contributed by atoms with Gasteiger partial charge in [-0.2, -0.15) is 0 Å². The van der Waals surface area contributed by atoms with Crippen molar-refractivity contribution in [1.29, 1.82) is 0 Å². The van der Waals surface area contributed by atoms with E-state index in [1.54, 1.807) is 18.2 Å². The molecule has 12 heavy (non-hydrogen) atoms. The molecule has 0 aliphatic rings. The highest BCUT2D eigenvalue weighted by Crippen LogP contribution is 2.16. The van der Waals surface area contributed by atoms with Crippen molar-refractivity contribution in [2.24, 2.45) is 0 Å². The van der Waals surface area contributed by atoms with Crippen LogP contribution in [0.1, 0.15) is 5.56 Å². The Morgan fingerprint density at radius 2 is 2.42 bits per heavy atom. The van der Waals surface area contributed by atoms with Gasteiger partial charge in [-0.05, 0) is 6.07 Å². The van der Waals surface area contributed by atoms with Crippen molar-refractivity contribution >= 4 is 23.4 Å². The molecule has 0 atom stereocenters. The Labute approximate surface area is 75.5 Å². The molecule has 0 spiro atoms. The summed E-state index contributed by atoms with van der Waals surface area (Å²) >= 11 is 5.73. The smallest absolute Gasteiger partial charge is 0.136 e. The Bertz CT molecular complexity index is 299. The zero-order chi connectivity index (χ0) is 8.97. The van der Waals surface area contributed by atoms with Crippen LogP contribution < -0.4 is 5.73 Å². The van der Waals surface area contributed by atoms with Gasteiger partial charge in [0.1, 0.15) is 5.15 Å². The number of anilines is 1. The predicted molar refractivity (Wildman–Crippen MR) is 49.8 cm³/mol. The highest BCUT2D eigenvalue weighted by atomic mass is 35.5. The first-order valence-corrected chi connectivity index (χ1v) is 3.80. The first kappa shape index (κ1) is 9.03. The van der Waals surface area contributed by atoms with E-state index in [2.05, 4.69) is 4.98 Å². The molecule has 0 fully saturated rings. The average molecular weight is 185 g/mol. The van der Waals surface area contributed by atoms with E-state index in [4.69, 9.17) is 22.4 Å². The van der Waals surface area contributed by atoms with Gasteiger partial charge in [0.2, 0.25) is 0 Å². The fraction of sp³-hybridized carbons (Fsp3) is 0.125. The fourth-order valence-electron chi connectivity index (χ4n) is 0.779. The Balaban J connectivity index is 2.97. The van der Waals surface area contributed by atoms with Crippen molar-refractivity contribution < 1.29 is 5.11 Å². The molecule has 0 saturated heterocycles. The summed E-state index contributed by atoms with van der Waals surface area (Å²) in [5.41, 5.74) is 6.75. The number of aliphatic hydroxyl groups is 1. The first-order chi connectivity index (χ1) is 5.74. The van der Waals surface area contributed by atoms with Crippen molar-refractivity contribution in [2.45, 2.75) is 0 Å². The second kappa shape index (κ2) is 4.09. The van der Waals surface area contributed by atoms with E-state index < -0.39 is 0 Å². The van der Waals surface area contributed by atoms with Gasteiger partial charge < -0.3 is 10.8 Å². The van der Waals surface area contributed by atoms with E-state index in [1.165, 1.54) is 6.20 Å². The number of nitrogens with zero attached hydrogens (tertiary/aromatic N) is 1. The summed E-state index contributed by atoms with van der Waals surface area (Å²) in [6.45, 7) is -0.0227. The standard InChI is InChI=1S/C8H9ClN2O/c9-8-6(2-1-3-12)4-7(10)5-11-8/h1-2,4-5,12H,3,10H2. The largest absolute Gasteiger partial charge is 0.397 e. The maximum absolute atomic E-state index is 8.51. The van der Waals surface area contributed by atoms with Crippen molar-refractivity contribution in [3.63, 3.8) is 0 Å². The second-order valence-electron chi connectivity index (χ2n) is 2.23. The van der Waals surface area contributed by atoms with Crippen LogP contribution in [0.3, 0.4) is 0 Å². The molecule has 0 unspecified atom stereocenters.